The van der Waals surface area contributed by atoms with Crippen molar-refractivity contribution >= 4 is 17.3 Å². The van der Waals surface area contributed by atoms with Crippen LogP contribution in [0.3, 0.4) is 0 Å². The second kappa shape index (κ2) is 4.04. The Balaban J connectivity index is 2.92. The van der Waals surface area contributed by atoms with Crippen molar-refractivity contribution in [3.05, 3.63) is 16.1 Å². The Hall–Kier alpha value is -1.11. The van der Waals surface area contributed by atoms with Gasteiger partial charge >= 0.3 is 12.1 Å². The van der Waals surface area contributed by atoms with E-state index in [2.05, 4.69) is 4.98 Å². The molecule has 0 radical (unpaired) electrons. The molecule has 0 atom stereocenters. The van der Waals surface area contributed by atoms with E-state index >= 15 is 0 Å². The van der Waals surface area contributed by atoms with Gasteiger partial charge in [0.1, 0.15) is 10.4 Å². The first-order valence-electron chi connectivity index (χ1n) is 4.38. The second-order valence-electron chi connectivity index (χ2n) is 3.85. The minimum Gasteiger partial charge on any atom is -0.481 e. The Morgan fingerprint density at radius 1 is 1.50 bits per heavy atom. The smallest absolute Gasteiger partial charge is 0.395 e. The zero-order chi connectivity index (χ0) is 12.6. The van der Waals surface area contributed by atoms with E-state index in [1.165, 1.54) is 19.2 Å². The van der Waals surface area contributed by atoms with Crippen molar-refractivity contribution in [2.45, 2.75) is 31.9 Å². The third kappa shape index (κ3) is 2.94. The van der Waals surface area contributed by atoms with E-state index in [0.29, 0.717) is 0 Å². The van der Waals surface area contributed by atoms with Gasteiger partial charge in [-0.25, -0.2) is 4.98 Å². The van der Waals surface area contributed by atoms with Crippen molar-refractivity contribution in [3.63, 3.8) is 0 Å². The van der Waals surface area contributed by atoms with E-state index in [9.17, 15) is 18.0 Å². The van der Waals surface area contributed by atoms with Gasteiger partial charge in [-0.05, 0) is 13.8 Å². The molecule has 3 nitrogen and oxygen atoms in total. The zero-order valence-electron chi connectivity index (χ0n) is 8.63. The van der Waals surface area contributed by atoms with Crippen LogP contribution in [0.4, 0.5) is 13.2 Å². The van der Waals surface area contributed by atoms with Crippen molar-refractivity contribution in [1.82, 2.24) is 4.98 Å². The van der Waals surface area contributed by atoms with E-state index < -0.39 is 24.0 Å². The molecule has 0 saturated carbocycles. The molecular formula is C9H10F3NO2S. The number of aliphatic carboxylic acids is 1. The highest BCUT2D eigenvalue weighted by Gasteiger charge is 2.34. The summed E-state index contributed by atoms with van der Waals surface area (Å²) in [4.78, 5) is 14.6. The zero-order valence-corrected chi connectivity index (χ0v) is 9.45. The third-order valence-corrected chi connectivity index (χ3v) is 2.93. The molecule has 0 aliphatic heterocycles. The van der Waals surface area contributed by atoms with Crippen LogP contribution >= 0.6 is 11.3 Å². The molecule has 0 amide bonds. The van der Waals surface area contributed by atoms with E-state index in [1.807, 2.05) is 0 Å². The van der Waals surface area contributed by atoms with E-state index in [4.69, 9.17) is 5.11 Å². The summed E-state index contributed by atoms with van der Waals surface area (Å²) in [6.45, 7) is 2.81. The fourth-order valence-electron chi connectivity index (χ4n) is 0.960. The Bertz CT molecular complexity index is 398. The van der Waals surface area contributed by atoms with E-state index in [0.717, 1.165) is 11.3 Å². The molecule has 0 fully saturated rings. The maximum Gasteiger partial charge on any atom is 0.395 e. The van der Waals surface area contributed by atoms with E-state index in [1.54, 1.807) is 0 Å². The van der Waals surface area contributed by atoms with Crippen LogP contribution < -0.4 is 0 Å². The lowest BCUT2D eigenvalue weighted by molar-refractivity contribution is -0.142. The number of carbonyl (C=O) groups is 1. The number of carboxylic acids is 1. The second-order valence-corrected chi connectivity index (χ2v) is 4.79. The first-order chi connectivity index (χ1) is 7.13. The Labute approximate surface area is 93.9 Å². The minimum absolute atomic E-state index is 0.114. The van der Waals surface area contributed by atoms with Crippen molar-refractivity contribution in [1.29, 1.82) is 0 Å². The number of hydrogen-bond donors (Lipinski definition) is 1. The number of aromatic nitrogens is 1. The number of thiazole rings is 1. The first-order valence-corrected chi connectivity index (χ1v) is 5.26. The molecule has 1 heterocycles. The Morgan fingerprint density at radius 3 is 2.50 bits per heavy atom. The largest absolute Gasteiger partial charge is 0.481 e. The van der Waals surface area contributed by atoms with Crippen LogP contribution in [-0.4, -0.2) is 22.2 Å². The maximum absolute atomic E-state index is 12.1. The summed E-state index contributed by atoms with van der Waals surface area (Å²) in [5.74, 6) is -1.11. The average Bonchev–Trinajstić information content (AvgIpc) is 2.49. The molecule has 0 bridgehead atoms. The lowest BCUT2D eigenvalue weighted by atomic mass is 9.90. The fourth-order valence-corrected chi connectivity index (χ4v) is 1.95. The van der Waals surface area contributed by atoms with Crippen molar-refractivity contribution < 1.29 is 23.1 Å². The van der Waals surface area contributed by atoms with Gasteiger partial charge in [0.2, 0.25) is 0 Å². The summed E-state index contributed by atoms with van der Waals surface area (Å²) in [6, 6.07) is 0. The van der Waals surface area contributed by atoms with Crippen LogP contribution in [-0.2, 0) is 16.6 Å². The minimum atomic E-state index is -4.32. The standard InChI is InChI=1S/C9H10F3NO2S/c1-8(2,7(14)15)5-4-16-6(13-5)3-9(10,11)12/h4H,3H2,1-2H3,(H,14,15). The molecule has 0 spiro atoms. The van der Waals surface area contributed by atoms with Gasteiger partial charge in [-0.2, -0.15) is 13.2 Å². The summed E-state index contributed by atoms with van der Waals surface area (Å²) in [6.07, 6.45) is -5.43. The SMILES string of the molecule is CC(C)(C(=O)O)c1csc(CC(F)(F)F)n1. The summed E-state index contributed by atoms with van der Waals surface area (Å²) in [5, 5.41) is 10.1. The lowest BCUT2D eigenvalue weighted by Gasteiger charge is -2.15. The van der Waals surface area contributed by atoms with E-state index in [-0.39, 0.29) is 10.7 Å². The molecule has 0 unspecified atom stereocenters. The van der Waals surface area contributed by atoms with Crippen LogP contribution in [0, 0.1) is 0 Å². The maximum atomic E-state index is 12.1. The van der Waals surface area contributed by atoms with Crippen LogP contribution in [0.1, 0.15) is 24.5 Å². The molecule has 1 N–H and O–H groups in total. The van der Waals surface area contributed by atoms with Gasteiger partial charge in [0.15, 0.2) is 0 Å². The number of rotatable bonds is 3. The van der Waals surface area contributed by atoms with Crippen molar-refractivity contribution in [2.24, 2.45) is 0 Å². The van der Waals surface area contributed by atoms with Gasteiger partial charge in [0, 0.05) is 5.38 Å². The Kier molecular flexibility index (Phi) is 3.27. The van der Waals surface area contributed by atoms with Gasteiger partial charge in [-0.1, -0.05) is 0 Å². The molecule has 1 aromatic heterocycles. The van der Waals surface area contributed by atoms with Gasteiger partial charge in [-0.15, -0.1) is 11.3 Å². The normalized spacial score (nSPS) is 12.8. The number of hydrogen-bond acceptors (Lipinski definition) is 3. The molecule has 7 heteroatoms. The highest BCUT2D eigenvalue weighted by atomic mass is 32.1. The highest BCUT2D eigenvalue weighted by Crippen LogP contribution is 2.28. The molecule has 0 saturated heterocycles. The topological polar surface area (TPSA) is 50.2 Å². The molecular weight excluding hydrogens is 243 g/mol. The molecule has 16 heavy (non-hydrogen) atoms. The number of nitrogens with zero attached hydrogens (tertiary/aromatic N) is 1. The average molecular weight is 253 g/mol. The predicted octanol–water partition coefficient (Wildman–Crippen LogP) is 2.61. The molecule has 1 rings (SSSR count). The van der Waals surface area contributed by atoms with Crippen molar-refractivity contribution in [2.75, 3.05) is 0 Å². The summed E-state index contributed by atoms with van der Waals surface area (Å²) < 4.78 is 36.2. The summed E-state index contributed by atoms with van der Waals surface area (Å²) >= 11 is 0.826. The molecule has 90 valence electrons. The van der Waals surface area contributed by atoms with Crippen molar-refractivity contribution in [3.8, 4) is 0 Å². The summed E-state index contributed by atoms with van der Waals surface area (Å²) in [5.41, 5.74) is -1.11. The lowest BCUT2D eigenvalue weighted by Crippen LogP contribution is -2.29. The van der Waals surface area contributed by atoms with Crippen LogP contribution in [0.25, 0.3) is 0 Å². The monoisotopic (exact) mass is 253 g/mol. The first kappa shape index (κ1) is 13.0. The van der Waals surface area contributed by atoms with Crippen LogP contribution in [0.2, 0.25) is 0 Å². The summed E-state index contributed by atoms with van der Waals surface area (Å²) in [7, 11) is 0. The number of carboxylic acid groups (broad SMARTS) is 1. The molecule has 0 aliphatic carbocycles. The van der Waals surface area contributed by atoms with Crippen LogP contribution in [0.5, 0.6) is 0 Å². The van der Waals surface area contributed by atoms with Gasteiger partial charge in [-0.3, -0.25) is 4.79 Å². The van der Waals surface area contributed by atoms with Crippen LogP contribution in [0.15, 0.2) is 5.38 Å². The molecule has 0 aliphatic rings. The highest BCUT2D eigenvalue weighted by molar-refractivity contribution is 7.09. The predicted molar refractivity (Wildman–Crippen MR) is 52.5 cm³/mol. The third-order valence-electron chi connectivity index (χ3n) is 2.08. The quantitative estimate of drug-likeness (QED) is 0.900. The van der Waals surface area contributed by atoms with Gasteiger partial charge in [0.05, 0.1) is 12.1 Å². The molecule has 1 aromatic rings. The fraction of sp³-hybridized carbons (Fsp3) is 0.556. The molecule has 0 aromatic carbocycles. The van der Waals surface area contributed by atoms with Gasteiger partial charge < -0.3 is 5.11 Å². The number of halogens is 3. The Morgan fingerprint density at radius 2 is 2.06 bits per heavy atom. The number of alkyl halides is 3. The van der Waals surface area contributed by atoms with Gasteiger partial charge in [0.25, 0.3) is 0 Å².